The van der Waals surface area contributed by atoms with E-state index in [4.69, 9.17) is 0 Å². The molecule has 1 aromatic heterocycles. The van der Waals surface area contributed by atoms with Gasteiger partial charge in [-0.25, -0.2) is 0 Å². The lowest BCUT2D eigenvalue weighted by Crippen LogP contribution is -2.53. The zero-order valence-corrected chi connectivity index (χ0v) is 15.9. The van der Waals surface area contributed by atoms with E-state index in [1.165, 1.54) is 0 Å². The van der Waals surface area contributed by atoms with Gasteiger partial charge in [0.15, 0.2) is 0 Å². The highest BCUT2D eigenvalue weighted by atomic mass is 32.1. The molecule has 1 N–H and O–H groups in total. The van der Waals surface area contributed by atoms with Crippen molar-refractivity contribution in [3.63, 3.8) is 0 Å². The lowest BCUT2D eigenvalue weighted by Gasteiger charge is -2.37. The maximum Gasteiger partial charge on any atom is 0.237 e. The maximum atomic E-state index is 12.2. The zero-order valence-electron chi connectivity index (χ0n) is 15.1. The summed E-state index contributed by atoms with van der Waals surface area (Å²) in [6, 6.07) is 10.6. The van der Waals surface area contributed by atoms with E-state index in [0.29, 0.717) is 6.04 Å². The van der Waals surface area contributed by atoms with Crippen molar-refractivity contribution in [1.82, 2.24) is 25.3 Å². The van der Waals surface area contributed by atoms with Crippen LogP contribution in [0.3, 0.4) is 0 Å². The van der Waals surface area contributed by atoms with Gasteiger partial charge in [-0.15, -0.1) is 10.2 Å². The van der Waals surface area contributed by atoms with Crippen molar-refractivity contribution in [3.8, 4) is 10.6 Å². The first kappa shape index (κ1) is 17.6. The molecule has 4 rings (SSSR count). The summed E-state index contributed by atoms with van der Waals surface area (Å²) in [5.74, 6) is 0.178. The summed E-state index contributed by atoms with van der Waals surface area (Å²) < 4.78 is 0. The molecule has 0 bridgehead atoms. The van der Waals surface area contributed by atoms with Crippen LogP contribution in [0, 0.1) is 0 Å². The second-order valence-electron chi connectivity index (χ2n) is 7.14. The average Bonchev–Trinajstić information content (AvgIpc) is 3.37. The number of carbonyl (C=O) groups excluding carboxylic acids is 1. The number of nitrogens with one attached hydrogen (secondary N) is 1. The van der Waals surface area contributed by atoms with Gasteiger partial charge in [0.25, 0.3) is 0 Å². The first-order chi connectivity index (χ1) is 12.7. The minimum Gasteiger partial charge on any atom is -0.352 e. The molecule has 1 saturated heterocycles. The third kappa shape index (κ3) is 4.28. The van der Waals surface area contributed by atoms with E-state index in [2.05, 4.69) is 37.4 Å². The predicted octanol–water partition coefficient (Wildman–Crippen LogP) is 1.99. The van der Waals surface area contributed by atoms with Crippen LogP contribution in [0.1, 0.15) is 24.8 Å². The SMILES string of the molecule is CC(C(=O)NC1CC1)N1CCN(Cc2nnc(-c3ccccc3)s2)CC1. The third-order valence-corrected chi connectivity index (χ3v) is 6.06. The van der Waals surface area contributed by atoms with Crippen molar-refractivity contribution in [1.29, 1.82) is 0 Å². The summed E-state index contributed by atoms with van der Waals surface area (Å²) >= 11 is 1.66. The van der Waals surface area contributed by atoms with Crippen LogP contribution in [0.5, 0.6) is 0 Å². The summed E-state index contributed by atoms with van der Waals surface area (Å²) in [5, 5.41) is 13.8. The monoisotopic (exact) mass is 371 g/mol. The third-order valence-electron chi connectivity index (χ3n) is 5.10. The van der Waals surface area contributed by atoms with Gasteiger partial charge in [-0.3, -0.25) is 14.6 Å². The lowest BCUT2D eigenvalue weighted by molar-refractivity contribution is -0.126. The second kappa shape index (κ2) is 7.82. The van der Waals surface area contributed by atoms with Crippen LogP contribution in [-0.2, 0) is 11.3 Å². The molecule has 6 nitrogen and oxygen atoms in total. The largest absolute Gasteiger partial charge is 0.352 e. The van der Waals surface area contributed by atoms with Gasteiger partial charge in [-0.1, -0.05) is 41.7 Å². The molecule has 0 radical (unpaired) electrons. The van der Waals surface area contributed by atoms with Crippen LogP contribution in [0.4, 0.5) is 0 Å². The number of amides is 1. The molecule has 1 aromatic carbocycles. The van der Waals surface area contributed by atoms with Crippen LogP contribution in [0.25, 0.3) is 10.6 Å². The smallest absolute Gasteiger partial charge is 0.237 e. The van der Waals surface area contributed by atoms with E-state index in [-0.39, 0.29) is 11.9 Å². The molecule has 1 unspecified atom stereocenters. The Morgan fingerprint density at radius 3 is 2.62 bits per heavy atom. The van der Waals surface area contributed by atoms with Crippen LogP contribution < -0.4 is 5.32 Å². The highest BCUT2D eigenvalue weighted by molar-refractivity contribution is 7.14. The Morgan fingerprint density at radius 2 is 1.92 bits per heavy atom. The van der Waals surface area contributed by atoms with Crippen LogP contribution in [-0.4, -0.2) is 64.2 Å². The lowest BCUT2D eigenvalue weighted by atomic mass is 10.2. The summed E-state index contributed by atoms with van der Waals surface area (Å²) in [6.07, 6.45) is 2.28. The minimum absolute atomic E-state index is 0.0380. The summed E-state index contributed by atoms with van der Waals surface area (Å²) in [7, 11) is 0. The number of piperazine rings is 1. The van der Waals surface area contributed by atoms with E-state index >= 15 is 0 Å². The molecule has 2 fully saturated rings. The Hall–Kier alpha value is -1.83. The highest BCUT2D eigenvalue weighted by Gasteiger charge is 2.30. The molecule has 26 heavy (non-hydrogen) atoms. The van der Waals surface area contributed by atoms with Crippen molar-refractivity contribution in [2.24, 2.45) is 0 Å². The van der Waals surface area contributed by atoms with Crippen LogP contribution in [0.2, 0.25) is 0 Å². The number of hydrogen-bond donors (Lipinski definition) is 1. The number of rotatable bonds is 6. The number of aromatic nitrogens is 2. The Balaban J connectivity index is 1.27. The number of hydrogen-bond acceptors (Lipinski definition) is 6. The van der Waals surface area contributed by atoms with Gasteiger partial charge in [0.2, 0.25) is 5.91 Å². The Kier molecular flexibility index (Phi) is 5.28. The molecule has 1 atom stereocenters. The fourth-order valence-electron chi connectivity index (χ4n) is 3.23. The standard InChI is InChI=1S/C19H25N5OS/c1-14(18(25)20-16-7-8-16)24-11-9-23(10-12-24)13-17-21-22-19(26-17)15-5-3-2-4-6-15/h2-6,14,16H,7-13H2,1H3,(H,20,25). The van der Waals surface area contributed by atoms with Gasteiger partial charge in [-0.2, -0.15) is 0 Å². The molecule has 138 valence electrons. The van der Waals surface area contributed by atoms with Crippen LogP contribution in [0.15, 0.2) is 30.3 Å². The van der Waals surface area contributed by atoms with E-state index in [0.717, 1.165) is 61.1 Å². The van der Waals surface area contributed by atoms with Gasteiger partial charge in [0, 0.05) is 37.8 Å². The molecule has 1 amide bonds. The van der Waals surface area contributed by atoms with Crippen LogP contribution >= 0.6 is 11.3 Å². The summed E-state index contributed by atoms with van der Waals surface area (Å²) in [4.78, 5) is 16.9. The molecular weight excluding hydrogens is 346 g/mol. The zero-order chi connectivity index (χ0) is 17.9. The maximum absolute atomic E-state index is 12.2. The molecule has 7 heteroatoms. The fourth-order valence-corrected chi connectivity index (χ4v) is 4.12. The Morgan fingerprint density at radius 1 is 1.19 bits per heavy atom. The summed E-state index contributed by atoms with van der Waals surface area (Å²) in [6.45, 7) is 6.61. The van der Waals surface area contributed by atoms with Crippen molar-refractivity contribution in [2.75, 3.05) is 26.2 Å². The normalized spacial score (nSPS) is 20.0. The van der Waals surface area contributed by atoms with E-state index in [9.17, 15) is 4.79 Å². The highest BCUT2D eigenvalue weighted by Crippen LogP contribution is 2.24. The van der Waals surface area contributed by atoms with E-state index in [1.54, 1.807) is 11.3 Å². The molecule has 2 heterocycles. The second-order valence-corrected chi connectivity index (χ2v) is 8.20. The first-order valence-corrected chi connectivity index (χ1v) is 10.2. The summed E-state index contributed by atoms with van der Waals surface area (Å²) in [5.41, 5.74) is 1.12. The molecule has 2 aromatic rings. The number of nitrogens with zero attached hydrogens (tertiary/aromatic N) is 4. The number of carbonyl (C=O) groups is 1. The molecule has 1 aliphatic carbocycles. The quantitative estimate of drug-likeness (QED) is 0.841. The molecule has 0 spiro atoms. The first-order valence-electron chi connectivity index (χ1n) is 9.33. The molecular formula is C19H25N5OS. The van der Waals surface area contributed by atoms with E-state index < -0.39 is 0 Å². The Bertz CT molecular complexity index is 737. The molecule has 1 saturated carbocycles. The van der Waals surface area contributed by atoms with Crippen molar-refractivity contribution >= 4 is 17.2 Å². The van der Waals surface area contributed by atoms with Gasteiger partial charge < -0.3 is 5.32 Å². The predicted molar refractivity (Wildman–Crippen MR) is 103 cm³/mol. The van der Waals surface area contributed by atoms with Gasteiger partial charge in [-0.05, 0) is 19.8 Å². The van der Waals surface area contributed by atoms with Crippen molar-refractivity contribution in [2.45, 2.75) is 38.4 Å². The molecule has 2 aliphatic rings. The minimum atomic E-state index is -0.0380. The van der Waals surface area contributed by atoms with Gasteiger partial charge in [0.05, 0.1) is 12.6 Å². The number of benzene rings is 1. The average molecular weight is 372 g/mol. The van der Waals surface area contributed by atoms with Gasteiger partial charge in [0.1, 0.15) is 10.0 Å². The Labute approximate surface area is 158 Å². The van der Waals surface area contributed by atoms with E-state index in [1.807, 2.05) is 25.1 Å². The topological polar surface area (TPSA) is 61.4 Å². The molecule has 1 aliphatic heterocycles. The van der Waals surface area contributed by atoms with Crippen molar-refractivity contribution < 1.29 is 4.79 Å². The fraction of sp³-hybridized carbons (Fsp3) is 0.526. The van der Waals surface area contributed by atoms with Crippen molar-refractivity contribution in [3.05, 3.63) is 35.3 Å². The van der Waals surface area contributed by atoms with Gasteiger partial charge >= 0.3 is 0 Å².